The molecule has 0 amide bonds. The predicted molar refractivity (Wildman–Crippen MR) is 63.6 cm³/mol. The molecular weight excluding hydrogens is 260 g/mol. The Hall–Kier alpha value is -1.01. The molecule has 18 heavy (non-hydrogen) atoms. The lowest BCUT2D eigenvalue weighted by Crippen LogP contribution is -2.42. The van der Waals surface area contributed by atoms with Crippen LogP contribution in [-0.4, -0.2) is 25.3 Å². The third kappa shape index (κ3) is 2.40. The van der Waals surface area contributed by atoms with E-state index in [1.165, 1.54) is 4.31 Å². The maximum absolute atomic E-state index is 13.6. The molecule has 1 aliphatic rings. The zero-order chi connectivity index (χ0) is 13.3. The van der Waals surface area contributed by atoms with E-state index in [0.717, 1.165) is 31.4 Å². The molecule has 6 heteroatoms. The Balaban J connectivity index is 2.41. The molecule has 1 saturated heterocycles. The van der Waals surface area contributed by atoms with Gasteiger partial charge in [-0.3, -0.25) is 0 Å². The Morgan fingerprint density at radius 2 is 2.00 bits per heavy atom. The van der Waals surface area contributed by atoms with Crippen molar-refractivity contribution >= 4 is 10.0 Å². The minimum Gasteiger partial charge on any atom is -0.207 e. The average molecular weight is 275 g/mol. The molecule has 1 fully saturated rings. The van der Waals surface area contributed by atoms with Crippen molar-refractivity contribution in [1.82, 2.24) is 4.31 Å². The maximum atomic E-state index is 13.6. The molecule has 3 nitrogen and oxygen atoms in total. The first-order valence-electron chi connectivity index (χ1n) is 5.90. The number of sulfonamides is 1. The van der Waals surface area contributed by atoms with Gasteiger partial charge < -0.3 is 0 Å². The number of benzene rings is 1. The van der Waals surface area contributed by atoms with Gasteiger partial charge in [-0.25, -0.2) is 17.2 Å². The summed E-state index contributed by atoms with van der Waals surface area (Å²) in [5.74, 6) is -1.81. The molecule has 1 heterocycles. The van der Waals surface area contributed by atoms with Crippen LogP contribution in [0.2, 0.25) is 0 Å². The van der Waals surface area contributed by atoms with Crippen LogP contribution in [0.25, 0.3) is 0 Å². The van der Waals surface area contributed by atoms with Crippen molar-refractivity contribution in [1.29, 1.82) is 0 Å². The van der Waals surface area contributed by atoms with Crippen LogP contribution < -0.4 is 0 Å². The average Bonchev–Trinajstić information content (AvgIpc) is 2.28. The van der Waals surface area contributed by atoms with Crippen molar-refractivity contribution in [2.75, 3.05) is 6.54 Å². The van der Waals surface area contributed by atoms with Crippen molar-refractivity contribution < 1.29 is 17.2 Å². The molecular formula is C12H15F2NO2S. The summed E-state index contributed by atoms with van der Waals surface area (Å²) < 4.78 is 52.3. The molecule has 1 aromatic carbocycles. The van der Waals surface area contributed by atoms with Gasteiger partial charge in [0.25, 0.3) is 0 Å². The molecule has 0 saturated carbocycles. The van der Waals surface area contributed by atoms with Crippen LogP contribution in [0.15, 0.2) is 23.1 Å². The first kappa shape index (κ1) is 13.4. The lowest BCUT2D eigenvalue weighted by molar-refractivity contribution is 0.268. The molecule has 0 unspecified atom stereocenters. The fourth-order valence-corrected chi connectivity index (χ4v) is 3.99. The first-order valence-corrected chi connectivity index (χ1v) is 7.34. The topological polar surface area (TPSA) is 37.4 Å². The molecule has 1 aliphatic heterocycles. The highest BCUT2D eigenvalue weighted by Gasteiger charge is 2.32. The van der Waals surface area contributed by atoms with Crippen LogP contribution in [0.3, 0.4) is 0 Å². The first-order chi connectivity index (χ1) is 8.43. The smallest absolute Gasteiger partial charge is 0.207 e. The second kappa shape index (κ2) is 4.93. The molecule has 1 aromatic rings. The van der Waals surface area contributed by atoms with E-state index in [-0.39, 0.29) is 6.04 Å². The van der Waals surface area contributed by atoms with Crippen molar-refractivity contribution in [3.05, 3.63) is 29.8 Å². The van der Waals surface area contributed by atoms with Crippen molar-refractivity contribution in [3.63, 3.8) is 0 Å². The molecule has 0 N–H and O–H groups in total. The third-order valence-corrected chi connectivity index (χ3v) is 5.27. The summed E-state index contributed by atoms with van der Waals surface area (Å²) in [7, 11) is -3.87. The Morgan fingerprint density at radius 1 is 1.28 bits per heavy atom. The number of halogens is 2. The predicted octanol–water partition coefficient (Wildman–Crippen LogP) is 2.53. The van der Waals surface area contributed by atoms with Gasteiger partial charge in [-0.15, -0.1) is 0 Å². The van der Waals surface area contributed by atoms with E-state index in [1.807, 2.05) is 0 Å². The van der Waals surface area contributed by atoms with Gasteiger partial charge in [0.15, 0.2) is 0 Å². The SMILES string of the molecule is C[C@H]1CCCCN1S(=O)(=O)c1ccc(F)cc1F. The highest BCUT2D eigenvalue weighted by Crippen LogP contribution is 2.26. The Morgan fingerprint density at radius 3 is 2.61 bits per heavy atom. The quantitative estimate of drug-likeness (QED) is 0.831. The van der Waals surface area contributed by atoms with Gasteiger partial charge in [0.2, 0.25) is 10.0 Å². The minimum absolute atomic E-state index is 0.145. The van der Waals surface area contributed by atoms with E-state index >= 15 is 0 Å². The highest BCUT2D eigenvalue weighted by atomic mass is 32.2. The van der Waals surface area contributed by atoms with Gasteiger partial charge in [-0.2, -0.15) is 4.31 Å². The van der Waals surface area contributed by atoms with E-state index in [9.17, 15) is 17.2 Å². The molecule has 0 aliphatic carbocycles. The number of hydrogen-bond donors (Lipinski definition) is 0. The molecule has 2 rings (SSSR count). The van der Waals surface area contributed by atoms with Gasteiger partial charge in [0.05, 0.1) is 0 Å². The summed E-state index contributed by atoms with van der Waals surface area (Å²) in [6.45, 7) is 2.19. The summed E-state index contributed by atoms with van der Waals surface area (Å²) in [4.78, 5) is -0.447. The molecule has 0 aromatic heterocycles. The van der Waals surface area contributed by atoms with Gasteiger partial charge in [-0.1, -0.05) is 6.42 Å². The number of rotatable bonds is 2. The van der Waals surface area contributed by atoms with E-state index in [4.69, 9.17) is 0 Å². The Bertz CT molecular complexity index is 545. The van der Waals surface area contributed by atoms with Gasteiger partial charge >= 0.3 is 0 Å². The van der Waals surface area contributed by atoms with Gasteiger partial charge in [-0.05, 0) is 31.9 Å². The third-order valence-electron chi connectivity index (χ3n) is 3.22. The van der Waals surface area contributed by atoms with Crippen molar-refractivity contribution in [2.24, 2.45) is 0 Å². The van der Waals surface area contributed by atoms with Crippen LogP contribution in [0.4, 0.5) is 8.78 Å². The van der Waals surface area contributed by atoms with Crippen LogP contribution in [0.5, 0.6) is 0 Å². The van der Waals surface area contributed by atoms with E-state index < -0.39 is 26.6 Å². The number of nitrogens with zero attached hydrogens (tertiary/aromatic N) is 1. The van der Waals surface area contributed by atoms with Crippen molar-refractivity contribution in [3.8, 4) is 0 Å². The van der Waals surface area contributed by atoms with Crippen LogP contribution in [0.1, 0.15) is 26.2 Å². The van der Waals surface area contributed by atoms with Crippen LogP contribution in [-0.2, 0) is 10.0 Å². The maximum Gasteiger partial charge on any atom is 0.246 e. The molecule has 0 radical (unpaired) electrons. The fourth-order valence-electron chi connectivity index (χ4n) is 2.24. The van der Waals surface area contributed by atoms with E-state index in [2.05, 4.69) is 0 Å². The molecule has 1 atom stereocenters. The van der Waals surface area contributed by atoms with Gasteiger partial charge in [0, 0.05) is 18.7 Å². The Kier molecular flexibility index (Phi) is 3.68. The van der Waals surface area contributed by atoms with Crippen LogP contribution in [0, 0.1) is 11.6 Å². The summed E-state index contributed by atoms with van der Waals surface area (Å²) in [6.07, 6.45) is 2.51. The zero-order valence-corrected chi connectivity index (χ0v) is 10.9. The second-order valence-electron chi connectivity index (χ2n) is 4.54. The van der Waals surface area contributed by atoms with Gasteiger partial charge in [0.1, 0.15) is 16.5 Å². The molecule has 0 bridgehead atoms. The molecule has 0 spiro atoms. The monoisotopic (exact) mass is 275 g/mol. The zero-order valence-electron chi connectivity index (χ0n) is 10.1. The normalized spacial score (nSPS) is 22.1. The lowest BCUT2D eigenvalue weighted by Gasteiger charge is -2.32. The van der Waals surface area contributed by atoms with E-state index in [1.54, 1.807) is 6.92 Å². The van der Waals surface area contributed by atoms with E-state index in [0.29, 0.717) is 12.6 Å². The highest BCUT2D eigenvalue weighted by molar-refractivity contribution is 7.89. The Labute approximate surface area is 105 Å². The molecule has 100 valence electrons. The fraction of sp³-hybridized carbons (Fsp3) is 0.500. The lowest BCUT2D eigenvalue weighted by atomic mass is 10.1. The largest absolute Gasteiger partial charge is 0.246 e. The minimum atomic E-state index is -3.87. The summed E-state index contributed by atoms with van der Waals surface area (Å²) in [6, 6.07) is 2.40. The van der Waals surface area contributed by atoms with Crippen molar-refractivity contribution in [2.45, 2.75) is 37.1 Å². The second-order valence-corrected chi connectivity index (χ2v) is 6.39. The summed E-state index contributed by atoms with van der Waals surface area (Å²) in [5, 5.41) is 0. The summed E-state index contributed by atoms with van der Waals surface area (Å²) in [5.41, 5.74) is 0. The standard InChI is InChI=1S/C12H15F2NO2S/c1-9-4-2-3-7-15(9)18(16,17)12-6-5-10(13)8-11(12)14/h5-6,8-9H,2-4,7H2,1H3/t9-/m0/s1. The van der Waals surface area contributed by atoms with Crippen LogP contribution >= 0.6 is 0 Å². The summed E-state index contributed by atoms with van der Waals surface area (Å²) >= 11 is 0. The number of piperidine rings is 1. The number of hydrogen-bond acceptors (Lipinski definition) is 2.